The number of aliphatic imine (C=N–C) groups is 1. The van der Waals surface area contributed by atoms with Gasteiger partial charge >= 0.3 is 0 Å². The maximum atomic E-state index is 11.8. The van der Waals surface area contributed by atoms with Crippen LogP contribution < -0.4 is 15.5 Å². The molecule has 2 aromatic rings. The Morgan fingerprint density at radius 3 is 2.57 bits per heavy atom. The number of amides is 1. The van der Waals surface area contributed by atoms with Crippen molar-refractivity contribution in [3.05, 3.63) is 59.8 Å². The van der Waals surface area contributed by atoms with Gasteiger partial charge < -0.3 is 20.4 Å². The first-order valence-corrected chi connectivity index (χ1v) is 9.14. The monoisotopic (exact) mass is 494 g/mol. The third kappa shape index (κ3) is 5.57. The quantitative estimate of drug-likeness (QED) is 0.387. The van der Waals surface area contributed by atoms with E-state index < -0.39 is 0 Å². The average molecular weight is 494 g/mol. The van der Waals surface area contributed by atoms with E-state index in [-0.39, 0.29) is 29.9 Å². The summed E-state index contributed by atoms with van der Waals surface area (Å²) in [6.07, 6.45) is 1.83. The molecule has 0 saturated carbocycles. The number of anilines is 1. The molecule has 0 aliphatic carbocycles. The smallest absolute Gasteiger partial charge is 0.251 e. The predicted molar refractivity (Wildman–Crippen MR) is 123 cm³/mol. The minimum Gasteiger partial charge on any atom is -0.355 e. The van der Waals surface area contributed by atoms with Gasteiger partial charge in [0.25, 0.3) is 5.91 Å². The first kappa shape index (κ1) is 21.9. The molecule has 7 nitrogen and oxygen atoms in total. The van der Waals surface area contributed by atoms with Gasteiger partial charge in [-0.3, -0.25) is 9.79 Å². The second-order valence-electron chi connectivity index (χ2n) is 6.34. The molecule has 2 heterocycles. The summed E-state index contributed by atoms with van der Waals surface area (Å²) in [6, 6.07) is 13.6. The van der Waals surface area contributed by atoms with Crippen molar-refractivity contribution >= 4 is 41.7 Å². The number of carbonyl (C=O) groups is 1. The van der Waals surface area contributed by atoms with Gasteiger partial charge in [0, 0.05) is 58.6 Å². The van der Waals surface area contributed by atoms with Crippen molar-refractivity contribution in [2.75, 3.05) is 45.2 Å². The van der Waals surface area contributed by atoms with Crippen molar-refractivity contribution in [1.82, 2.24) is 20.5 Å². The normalized spacial score (nSPS) is 14.3. The second kappa shape index (κ2) is 10.8. The molecule has 1 fully saturated rings. The van der Waals surface area contributed by atoms with Crippen molar-refractivity contribution in [3.63, 3.8) is 0 Å². The fraction of sp³-hybridized carbons (Fsp3) is 0.350. The number of benzene rings is 1. The molecule has 1 aromatic carbocycles. The number of nitrogens with one attached hydrogen (secondary N) is 2. The Kier molecular flexibility index (Phi) is 8.49. The SMILES string of the molecule is CN=C(NCc1cccc(C(=O)NC)c1)N1CCN(c2ccccn2)CC1.I. The Hall–Kier alpha value is -2.36. The third-order valence-electron chi connectivity index (χ3n) is 4.63. The highest BCUT2D eigenvalue weighted by atomic mass is 127. The lowest BCUT2D eigenvalue weighted by molar-refractivity contribution is 0.0963. The highest BCUT2D eigenvalue weighted by Gasteiger charge is 2.20. The van der Waals surface area contributed by atoms with Gasteiger partial charge in [-0.15, -0.1) is 24.0 Å². The molecule has 0 radical (unpaired) electrons. The van der Waals surface area contributed by atoms with E-state index in [1.807, 2.05) is 48.7 Å². The lowest BCUT2D eigenvalue weighted by atomic mass is 10.1. The lowest BCUT2D eigenvalue weighted by Crippen LogP contribution is -2.52. The highest BCUT2D eigenvalue weighted by Crippen LogP contribution is 2.13. The molecule has 1 saturated heterocycles. The van der Waals surface area contributed by atoms with Gasteiger partial charge in [-0.25, -0.2) is 4.98 Å². The maximum absolute atomic E-state index is 11.8. The maximum Gasteiger partial charge on any atom is 0.251 e. The van der Waals surface area contributed by atoms with Crippen molar-refractivity contribution in [1.29, 1.82) is 0 Å². The molecule has 28 heavy (non-hydrogen) atoms. The number of halogens is 1. The number of pyridine rings is 1. The molecule has 150 valence electrons. The van der Waals surface area contributed by atoms with Crippen LogP contribution in [0.2, 0.25) is 0 Å². The molecule has 8 heteroatoms. The molecule has 3 rings (SSSR count). The van der Waals surface area contributed by atoms with E-state index in [2.05, 4.69) is 30.4 Å². The second-order valence-corrected chi connectivity index (χ2v) is 6.34. The third-order valence-corrected chi connectivity index (χ3v) is 4.63. The summed E-state index contributed by atoms with van der Waals surface area (Å²) >= 11 is 0. The molecule has 1 aromatic heterocycles. The Balaban J connectivity index is 0.00000280. The molecule has 0 atom stereocenters. The number of piperazine rings is 1. The van der Waals surface area contributed by atoms with E-state index in [0.29, 0.717) is 12.1 Å². The van der Waals surface area contributed by atoms with Crippen molar-refractivity contribution < 1.29 is 4.79 Å². The van der Waals surface area contributed by atoms with Crippen LogP contribution in [0.25, 0.3) is 0 Å². The minimum atomic E-state index is -0.0770. The van der Waals surface area contributed by atoms with Crippen LogP contribution in [-0.2, 0) is 6.54 Å². The molecule has 1 amide bonds. The van der Waals surface area contributed by atoms with Crippen LogP contribution in [0.3, 0.4) is 0 Å². The van der Waals surface area contributed by atoms with Gasteiger partial charge in [0.05, 0.1) is 0 Å². The van der Waals surface area contributed by atoms with Crippen molar-refractivity contribution in [2.45, 2.75) is 6.54 Å². The Morgan fingerprint density at radius 1 is 1.14 bits per heavy atom. The van der Waals surface area contributed by atoms with Crippen LogP contribution in [0.5, 0.6) is 0 Å². The predicted octanol–water partition coefficient (Wildman–Crippen LogP) is 1.96. The molecule has 0 spiro atoms. The minimum absolute atomic E-state index is 0. The number of aromatic nitrogens is 1. The zero-order valence-electron chi connectivity index (χ0n) is 16.3. The topological polar surface area (TPSA) is 72.9 Å². The van der Waals surface area contributed by atoms with E-state index in [0.717, 1.165) is 43.5 Å². The number of guanidine groups is 1. The average Bonchev–Trinajstić information content (AvgIpc) is 2.75. The first-order chi connectivity index (χ1) is 13.2. The number of hydrogen-bond donors (Lipinski definition) is 2. The number of nitrogens with zero attached hydrogens (tertiary/aromatic N) is 4. The Bertz CT molecular complexity index is 790. The standard InChI is InChI=1S/C20H26N6O.HI/c1-21-19(27)17-7-5-6-16(14-17)15-24-20(22-2)26-12-10-25(11-13-26)18-8-3-4-9-23-18;/h3-9,14H,10-13,15H2,1-2H3,(H,21,27)(H,22,24);1H. The van der Waals surface area contributed by atoms with Crippen LogP contribution in [0.1, 0.15) is 15.9 Å². The van der Waals surface area contributed by atoms with Crippen LogP contribution in [0.4, 0.5) is 5.82 Å². The van der Waals surface area contributed by atoms with Gasteiger partial charge in [-0.2, -0.15) is 0 Å². The molecule has 0 bridgehead atoms. The summed E-state index contributed by atoms with van der Waals surface area (Å²) in [6.45, 7) is 4.20. The summed E-state index contributed by atoms with van der Waals surface area (Å²) in [7, 11) is 3.44. The van der Waals surface area contributed by atoms with Crippen molar-refractivity contribution in [3.8, 4) is 0 Å². The highest BCUT2D eigenvalue weighted by molar-refractivity contribution is 14.0. The number of rotatable bonds is 4. The number of carbonyl (C=O) groups excluding carboxylic acids is 1. The Labute approximate surface area is 183 Å². The zero-order chi connectivity index (χ0) is 19.1. The van der Waals surface area contributed by atoms with Gasteiger partial charge in [0.2, 0.25) is 0 Å². The molecule has 2 N–H and O–H groups in total. The molecule has 1 aliphatic heterocycles. The van der Waals surface area contributed by atoms with E-state index in [1.165, 1.54) is 0 Å². The summed E-state index contributed by atoms with van der Waals surface area (Å²) < 4.78 is 0. The van der Waals surface area contributed by atoms with Crippen LogP contribution in [0.15, 0.2) is 53.7 Å². The lowest BCUT2D eigenvalue weighted by Gasteiger charge is -2.37. The molecule has 1 aliphatic rings. The largest absolute Gasteiger partial charge is 0.355 e. The fourth-order valence-electron chi connectivity index (χ4n) is 3.17. The summed E-state index contributed by atoms with van der Waals surface area (Å²) in [5.74, 6) is 1.82. The van der Waals surface area contributed by atoms with Crippen molar-refractivity contribution in [2.24, 2.45) is 4.99 Å². The van der Waals surface area contributed by atoms with Gasteiger partial charge in [-0.1, -0.05) is 18.2 Å². The summed E-state index contributed by atoms with van der Waals surface area (Å²) in [4.78, 5) is 25.2. The van der Waals surface area contributed by atoms with E-state index in [9.17, 15) is 4.79 Å². The number of hydrogen-bond acceptors (Lipinski definition) is 4. The fourth-order valence-corrected chi connectivity index (χ4v) is 3.17. The van der Waals surface area contributed by atoms with Gasteiger partial charge in [0.15, 0.2) is 5.96 Å². The van der Waals surface area contributed by atoms with Gasteiger partial charge in [0.1, 0.15) is 5.82 Å². The zero-order valence-corrected chi connectivity index (χ0v) is 18.6. The Morgan fingerprint density at radius 2 is 1.93 bits per heavy atom. The summed E-state index contributed by atoms with van der Waals surface area (Å²) in [5.41, 5.74) is 1.71. The van der Waals surface area contributed by atoms with Crippen LogP contribution in [0, 0.1) is 0 Å². The molecule has 0 unspecified atom stereocenters. The molecular formula is C20H27IN6O. The van der Waals surface area contributed by atoms with Crippen LogP contribution in [-0.4, -0.2) is 62.0 Å². The van der Waals surface area contributed by atoms with Crippen LogP contribution >= 0.6 is 24.0 Å². The summed E-state index contributed by atoms with van der Waals surface area (Å²) in [5, 5.41) is 6.06. The van der Waals surface area contributed by atoms with Gasteiger partial charge in [-0.05, 0) is 29.8 Å². The first-order valence-electron chi connectivity index (χ1n) is 9.14. The van der Waals surface area contributed by atoms with E-state index >= 15 is 0 Å². The molecular weight excluding hydrogens is 467 g/mol. The van der Waals surface area contributed by atoms with E-state index in [1.54, 1.807) is 14.1 Å². The van der Waals surface area contributed by atoms with E-state index in [4.69, 9.17) is 0 Å².